The molecular weight excluding hydrogens is 320 g/mol. The van der Waals surface area contributed by atoms with E-state index in [1.807, 2.05) is 13.8 Å². The number of fused-ring (bicyclic) bond motifs is 1. The van der Waals surface area contributed by atoms with Gasteiger partial charge in [-0.1, -0.05) is 0 Å². The Balaban J connectivity index is 1.89. The SMILES string of the molecule is Cc1c(C)c2c(c(C)c1N)C(=O)CC(O)(COc1ccc(N)cc1)O2. The van der Waals surface area contributed by atoms with Gasteiger partial charge in [0.25, 0.3) is 0 Å². The zero-order chi connectivity index (χ0) is 18.4. The van der Waals surface area contributed by atoms with Gasteiger partial charge in [-0.05, 0) is 61.7 Å². The Kier molecular flexibility index (Phi) is 4.08. The van der Waals surface area contributed by atoms with Crippen LogP contribution >= 0.6 is 0 Å². The Hall–Kier alpha value is -2.73. The van der Waals surface area contributed by atoms with Crippen LogP contribution in [0.15, 0.2) is 24.3 Å². The van der Waals surface area contributed by atoms with Crippen LogP contribution in [0.4, 0.5) is 11.4 Å². The third-order valence-corrected chi connectivity index (χ3v) is 4.67. The summed E-state index contributed by atoms with van der Waals surface area (Å²) in [5.74, 6) is -1.03. The smallest absolute Gasteiger partial charge is 0.249 e. The lowest BCUT2D eigenvalue weighted by atomic mass is 9.89. The highest BCUT2D eigenvalue weighted by molar-refractivity contribution is 6.03. The van der Waals surface area contributed by atoms with Crippen molar-refractivity contribution in [3.8, 4) is 11.5 Å². The number of Topliss-reactive ketones (excluding diaryl/α,β-unsaturated/α-hetero) is 1. The first-order chi connectivity index (χ1) is 11.7. The maximum Gasteiger partial charge on any atom is 0.249 e. The third kappa shape index (κ3) is 3.00. The quantitative estimate of drug-likeness (QED) is 0.740. The number of hydrogen-bond acceptors (Lipinski definition) is 6. The average molecular weight is 342 g/mol. The van der Waals surface area contributed by atoms with Crippen molar-refractivity contribution >= 4 is 17.2 Å². The lowest BCUT2D eigenvalue weighted by Crippen LogP contribution is -2.47. The molecular formula is C19H22N2O4. The van der Waals surface area contributed by atoms with E-state index in [1.54, 1.807) is 31.2 Å². The van der Waals surface area contributed by atoms with Gasteiger partial charge < -0.3 is 26.0 Å². The van der Waals surface area contributed by atoms with Gasteiger partial charge in [-0.15, -0.1) is 0 Å². The van der Waals surface area contributed by atoms with Crippen LogP contribution in [0.2, 0.25) is 0 Å². The fourth-order valence-electron chi connectivity index (χ4n) is 3.02. The second kappa shape index (κ2) is 5.97. The minimum absolute atomic E-state index is 0.177. The van der Waals surface area contributed by atoms with Gasteiger partial charge in [0.15, 0.2) is 12.4 Å². The van der Waals surface area contributed by atoms with Crippen LogP contribution in [-0.2, 0) is 0 Å². The molecule has 2 aromatic rings. The summed E-state index contributed by atoms with van der Waals surface area (Å²) in [4.78, 5) is 12.6. The van der Waals surface area contributed by atoms with Crippen LogP contribution in [0, 0.1) is 20.8 Å². The molecule has 25 heavy (non-hydrogen) atoms. The Morgan fingerprint density at radius 2 is 1.76 bits per heavy atom. The fraction of sp³-hybridized carbons (Fsp3) is 0.316. The largest absolute Gasteiger partial charge is 0.487 e. The van der Waals surface area contributed by atoms with Crippen molar-refractivity contribution in [1.82, 2.24) is 0 Å². The van der Waals surface area contributed by atoms with Crippen LogP contribution < -0.4 is 20.9 Å². The summed E-state index contributed by atoms with van der Waals surface area (Å²) in [6, 6.07) is 6.78. The second-order valence-corrected chi connectivity index (χ2v) is 6.50. The Morgan fingerprint density at radius 1 is 1.12 bits per heavy atom. The van der Waals surface area contributed by atoms with Crippen molar-refractivity contribution in [3.63, 3.8) is 0 Å². The number of hydrogen-bond donors (Lipinski definition) is 3. The van der Waals surface area contributed by atoms with Crippen LogP contribution in [-0.4, -0.2) is 23.3 Å². The van der Waals surface area contributed by atoms with E-state index < -0.39 is 5.79 Å². The van der Waals surface area contributed by atoms with Gasteiger partial charge in [0.2, 0.25) is 5.79 Å². The first-order valence-electron chi connectivity index (χ1n) is 8.04. The van der Waals surface area contributed by atoms with Gasteiger partial charge in [-0.2, -0.15) is 0 Å². The molecule has 1 aliphatic rings. The molecule has 2 aromatic carbocycles. The number of carbonyl (C=O) groups is 1. The first-order valence-corrected chi connectivity index (χ1v) is 8.04. The third-order valence-electron chi connectivity index (χ3n) is 4.67. The molecule has 6 heteroatoms. The van der Waals surface area contributed by atoms with Crippen LogP contribution in [0.5, 0.6) is 11.5 Å². The summed E-state index contributed by atoms with van der Waals surface area (Å²) < 4.78 is 11.4. The van der Waals surface area contributed by atoms with Crippen molar-refractivity contribution in [3.05, 3.63) is 46.5 Å². The van der Waals surface area contributed by atoms with Crippen molar-refractivity contribution in [2.75, 3.05) is 18.1 Å². The molecule has 5 N–H and O–H groups in total. The molecule has 1 unspecified atom stereocenters. The number of carbonyl (C=O) groups excluding carboxylic acids is 1. The van der Waals surface area contributed by atoms with E-state index in [0.29, 0.717) is 34.0 Å². The molecule has 6 nitrogen and oxygen atoms in total. The zero-order valence-electron chi connectivity index (χ0n) is 14.6. The summed E-state index contributed by atoms with van der Waals surface area (Å²) >= 11 is 0. The van der Waals surface area contributed by atoms with E-state index in [4.69, 9.17) is 20.9 Å². The lowest BCUT2D eigenvalue weighted by Gasteiger charge is -2.35. The molecule has 0 aliphatic carbocycles. The van der Waals surface area contributed by atoms with Gasteiger partial charge in [0.05, 0.1) is 12.0 Å². The molecule has 0 radical (unpaired) electrons. The summed E-state index contributed by atoms with van der Waals surface area (Å²) in [7, 11) is 0. The second-order valence-electron chi connectivity index (χ2n) is 6.50. The number of aliphatic hydroxyl groups is 1. The van der Waals surface area contributed by atoms with E-state index in [0.717, 1.165) is 11.1 Å². The summed E-state index contributed by atoms with van der Waals surface area (Å²) in [5.41, 5.74) is 15.6. The minimum Gasteiger partial charge on any atom is -0.487 e. The molecule has 0 saturated carbocycles. The molecule has 0 fully saturated rings. The predicted molar refractivity (Wildman–Crippen MR) is 95.9 cm³/mol. The maximum absolute atomic E-state index is 12.6. The van der Waals surface area contributed by atoms with Gasteiger partial charge in [-0.25, -0.2) is 0 Å². The Bertz CT molecular complexity index is 846. The molecule has 132 valence electrons. The fourth-order valence-corrected chi connectivity index (χ4v) is 3.02. The molecule has 0 saturated heterocycles. The summed E-state index contributed by atoms with van der Waals surface area (Å²) in [5, 5.41) is 10.8. The first kappa shape index (κ1) is 17.1. The molecule has 0 bridgehead atoms. The Labute approximate surface area is 146 Å². The number of nitrogen functional groups attached to an aromatic ring is 2. The highest BCUT2D eigenvalue weighted by Gasteiger charge is 2.42. The highest BCUT2D eigenvalue weighted by Crippen LogP contribution is 2.41. The van der Waals surface area contributed by atoms with E-state index >= 15 is 0 Å². The van der Waals surface area contributed by atoms with Crippen molar-refractivity contribution < 1.29 is 19.4 Å². The van der Waals surface area contributed by atoms with Gasteiger partial charge in [0, 0.05) is 11.4 Å². The van der Waals surface area contributed by atoms with Gasteiger partial charge >= 0.3 is 0 Å². The van der Waals surface area contributed by atoms with Gasteiger partial charge in [-0.3, -0.25) is 4.79 Å². The van der Waals surface area contributed by atoms with E-state index in [2.05, 4.69) is 0 Å². The molecule has 1 heterocycles. The van der Waals surface area contributed by atoms with E-state index in [1.165, 1.54) is 0 Å². The number of anilines is 2. The van der Waals surface area contributed by atoms with E-state index in [9.17, 15) is 9.90 Å². The number of rotatable bonds is 3. The normalized spacial score (nSPS) is 19.3. The molecule has 0 aromatic heterocycles. The molecule has 1 aliphatic heterocycles. The zero-order valence-corrected chi connectivity index (χ0v) is 14.6. The average Bonchev–Trinajstić information content (AvgIpc) is 2.57. The topological polar surface area (TPSA) is 108 Å². The van der Waals surface area contributed by atoms with Crippen molar-refractivity contribution in [2.45, 2.75) is 33.0 Å². The molecule has 0 amide bonds. The van der Waals surface area contributed by atoms with Crippen LogP contribution in [0.25, 0.3) is 0 Å². The maximum atomic E-state index is 12.6. The number of benzene rings is 2. The highest BCUT2D eigenvalue weighted by atomic mass is 16.7. The van der Waals surface area contributed by atoms with Crippen LogP contribution in [0.3, 0.4) is 0 Å². The number of ether oxygens (including phenoxy) is 2. The monoisotopic (exact) mass is 342 g/mol. The van der Waals surface area contributed by atoms with Gasteiger partial charge in [0.1, 0.15) is 11.5 Å². The number of nitrogens with two attached hydrogens (primary N) is 2. The summed E-state index contributed by atoms with van der Waals surface area (Å²) in [6.45, 7) is 5.30. The molecule has 3 rings (SSSR count). The standard InChI is InChI=1S/C19H22N2O4/c1-10-11(2)18-16(12(3)17(10)21)15(22)8-19(23,25-18)9-24-14-6-4-13(20)5-7-14/h4-7,23H,8-9,20-21H2,1-3H3. The minimum atomic E-state index is -1.73. The number of ketones is 1. The lowest BCUT2D eigenvalue weighted by molar-refractivity contribution is -0.160. The molecule has 0 spiro atoms. The summed E-state index contributed by atoms with van der Waals surface area (Å²) in [6.07, 6.45) is -0.197. The predicted octanol–water partition coefficient (Wildman–Crippen LogP) is 2.51. The Morgan fingerprint density at radius 3 is 2.40 bits per heavy atom. The van der Waals surface area contributed by atoms with Crippen molar-refractivity contribution in [1.29, 1.82) is 0 Å². The van der Waals surface area contributed by atoms with E-state index in [-0.39, 0.29) is 18.8 Å². The van der Waals surface area contributed by atoms with Crippen LogP contribution in [0.1, 0.15) is 33.5 Å². The molecule has 1 atom stereocenters. The van der Waals surface area contributed by atoms with Crippen molar-refractivity contribution in [2.24, 2.45) is 0 Å².